The SMILES string of the molecule is CCCCCCCCCCCCCCCCC(=O)O[C@H](COC(=O)CCCCCCCCCCCCCC)COC(=O)CCCCCCCCCCCCCCCCCC(C)C. The summed E-state index contributed by atoms with van der Waals surface area (Å²) < 4.78 is 16.9. The fourth-order valence-corrected chi connectivity index (χ4v) is 8.57. The predicted molar refractivity (Wildman–Crippen MR) is 266 cm³/mol. The molecule has 0 fully saturated rings. The highest BCUT2D eigenvalue weighted by molar-refractivity contribution is 5.71. The minimum Gasteiger partial charge on any atom is -0.462 e. The van der Waals surface area contributed by atoms with E-state index in [9.17, 15) is 14.4 Å². The number of unbranched alkanes of at least 4 members (excludes halogenated alkanes) is 38. The van der Waals surface area contributed by atoms with E-state index in [-0.39, 0.29) is 31.1 Å². The van der Waals surface area contributed by atoms with Gasteiger partial charge in [0.05, 0.1) is 0 Å². The Balaban J connectivity index is 4.27. The maximum Gasteiger partial charge on any atom is 0.306 e. The van der Waals surface area contributed by atoms with Crippen LogP contribution in [-0.4, -0.2) is 37.2 Å². The number of carbonyl (C=O) groups excluding carboxylic acids is 3. The highest BCUT2D eigenvalue weighted by Gasteiger charge is 2.19. The van der Waals surface area contributed by atoms with E-state index in [1.54, 1.807) is 0 Å². The maximum atomic E-state index is 12.8. The second-order valence-electron chi connectivity index (χ2n) is 19.7. The normalized spacial score (nSPS) is 12.0. The van der Waals surface area contributed by atoms with E-state index in [4.69, 9.17) is 14.2 Å². The van der Waals surface area contributed by atoms with Crippen molar-refractivity contribution in [1.82, 2.24) is 0 Å². The molecule has 0 aliphatic rings. The van der Waals surface area contributed by atoms with Crippen LogP contribution >= 0.6 is 0 Å². The standard InChI is InChI=1S/C56H108O6/c1-5-7-9-11-13-15-17-19-24-29-33-37-41-45-49-56(59)62-53(50-60-54(57)47-43-39-35-31-27-18-16-14-12-10-8-6-2)51-61-55(58)48-44-40-36-32-28-25-22-20-21-23-26-30-34-38-42-46-52(3)4/h52-53H,5-51H2,1-4H3/t53-/m1/s1. The van der Waals surface area contributed by atoms with E-state index in [1.807, 2.05) is 0 Å². The van der Waals surface area contributed by atoms with Crippen molar-refractivity contribution in [3.8, 4) is 0 Å². The molecule has 0 aromatic rings. The highest BCUT2D eigenvalue weighted by atomic mass is 16.6. The lowest BCUT2D eigenvalue weighted by Crippen LogP contribution is -2.30. The molecule has 0 aromatic heterocycles. The van der Waals surface area contributed by atoms with Crippen LogP contribution in [0.2, 0.25) is 0 Å². The largest absolute Gasteiger partial charge is 0.462 e. The van der Waals surface area contributed by atoms with Gasteiger partial charge in [0.2, 0.25) is 0 Å². The molecule has 0 aliphatic heterocycles. The molecule has 0 rings (SSSR count). The third-order valence-electron chi connectivity index (χ3n) is 12.8. The molecular weight excluding hydrogens is 769 g/mol. The van der Waals surface area contributed by atoms with E-state index in [0.717, 1.165) is 63.7 Å². The third kappa shape index (κ3) is 49.4. The number of rotatable bonds is 51. The first kappa shape index (κ1) is 60.4. The first-order valence-corrected chi connectivity index (χ1v) is 27.9. The number of esters is 3. The van der Waals surface area contributed by atoms with Crippen LogP contribution in [0.5, 0.6) is 0 Å². The lowest BCUT2D eigenvalue weighted by atomic mass is 10.0. The molecule has 6 nitrogen and oxygen atoms in total. The predicted octanol–water partition coefficient (Wildman–Crippen LogP) is 18.2. The van der Waals surface area contributed by atoms with Crippen molar-refractivity contribution in [1.29, 1.82) is 0 Å². The van der Waals surface area contributed by atoms with Gasteiger partial charge in [-0.15, -0.1) is 0 Å². The molecule has 6 heteroatoms. The molecule has 0 aliphatic carbocycles. The van der Waals surface area contributed by atoms with E-state index in [2.05, 4.69) is 27.7 Å². The minimum absolute atomic E-state index is 0.0620. The van der Waals surface area contributed by atoms with Gasteiger partial charge in [-0.1, -0.05) is 278 Å². The Labute approximate surface area is 387 Å². The topological polar surface area (TPSA) is 78.9 Å². The fraction of sp³-hybridized carbons (Fsp3) is 0.946. The second-order valence-corrected chi connectivity index (χ2v) is 19.7. The van der Waals surface area contributed by atoms with Crippen LogP contribution in [0, 0.1) is 5.92 Å². The van der Waals surface area contributed by atoms with Gasteiger partial charge in [-0.3, -0.25) is 14.4 Å². The van der Waals surface area contributed by atoms with E-state index < -0.39 is 6.10 Å². The zero-order valence-corrected chi connectivity index (χ0v) is 42.3. The molecule has 0 saturated carbocycles. The molecule has 0 saturated heterocycles. The van der Waals surface area contributed by atoms with Gasteiger partial charge in [0, 0.05) is 19.3 Å². The monoisotopic (exact) mass is 877 g/mol. The average molecular weight is 877 g/mol. The maximum absolute atomic E-state index is 12.8. The van der Waals surface area contributed by atoms with Crippen LogP contribution in [0.15, 0.2) is 0 Å². The summed E-state index contributed by atoms with van der Waals surface area (Å²) in [7, 11) is 0. The van der Waals surface area contributed by atoms with Crippen LogP contribution in [0.1, 0.15) is 317 Å². The van der Waals surface area contributed by atoms with Crippen LogP contribution in [0.4, 0.5) is 0 Å². The van der Waals surface area contributed by atoms with E-state index in [0.29, 0.717) is 19.3 Å². The highest BCUT2D eigenvalue weighted by Crippen LogP contribution is 2.18. The van der Waals surface area contributed by atoms with Gasteiger partial charge in [-0.05, 0) is 25.2 Å². The molecule has 0 N–H and O–H groups in total. The summed E-state index contributed by atoms with van der Waals surface area (Å²) in [5.74, 6) is 0.0112. The summed E-state index contributed by atoms with van der Waals surface area (Å²) in [5, 5.41) is 0. The number of hydrogen-bond donors (Lipinski definition) is 0. The van der Waals surface area contributed by atoms with Gasteiger partial charge in [0.15, 0.2) is 6.10 Å². The van der Waals surface area contributed by atoms with Crippen molar-refractivity contribution in [2.75, 3.05) is 13.2 Å². The molecule has 62 heavy (non-hydrogen) atoms. The molecule has 0 spiro atoms. The van der Waals surface area contributed by atoms with Crippen molar-refractivity contribution < 1.29 is 28.6 Å². The van der Waals surface area contributed by atoms with Gasteiger partial charge in [-0.25, -0.2) is 0 Å². The van der Waals surface area contributed by atoms with Gasteiger partial charge in [0.25, 0.3) is 0 Å². The lowest BCUT2D eigenvalue weighted by Gasteiger charge is -2.18. The summed E-state index contributed by atoms with van der Waals surface area (Å²) in [6, 6.07) is 0. The van der Waals surface area contributed by atoms with Crippen molar-refractivity contribution in [3.63, 3.8) is 0 Å². The Bertz CT molecular complexity index is 933. The number of ether oxygens (including phenoxy) is 3. The smallest absolute Gasteiger partial charge is 0.306 e. The molecule has 1 atom stereocenters. The summed E-state index contributed by atoms with van der Waals surface area (Å²) in [6.07, 6.45) is 53.7. The van der Waals surface area contributed by atoms with E-state index >= 15 is 0 Å². The Morgan fingerprint density at radius 3 is 0.790 bits per heavy atom. The van der Waals surface area contributed by atoms with Gasteiger partial charge >= 0.3 is 17.9 Å². The Hall–Kier alpha value is -1.59. The third-order valence-corrected chi connectivity index (χ3v) is 12.8. The van der Waals surface area contributed by atoms with Crippen molar-refractivity contribution in [2.24, 2.45) is 5.92 Å². The molecule has 0 bridgehead atoms. The molecule has 0 aromatic carbocycles. The molecule has 0 heterocycles. The first-order valence-electron chi connectivity index (χ1n) is 27.9. The van der Waals surface area contributed by atoms with Gasteiger partial charge in [0.1, 0.15) is 13.2 Å². The minimum atomic E-state index is -0.761. The zero-order valence-electron chi connectivity index (χ0n) is 42.3. The average Bonchev–Trinajstić information content (AvgIpc) is 3.26. The molecule has 0 radical (unpaired) electrons. The van der Waals surface area contributed by atoms with Crippen LogP contribution in [0.25, 0.3) is 0 Å². The molecule has 0 unspecified atom stereocenters. The van der Waals surface area contributed by atoms with Gasteiger partial charge < -0.3 is 14.2 Å². The molecule has 368 valence electrons. The quantitative estimate of drug-likeness (QED) is 0.0344. The summed E-state index contributed by atoms with van der Waals surface area (Å²) in [6.45, 7) is 9.06. The fourth-order valence-electron chi connectivity index (χ4n) is 8.57. The molecule has 0 amide bonds. The Morgan fingerprint density at radius 2 is 0.532 bits per heavy atom. The Morgan fingerprint density at radius 1 is 0.306 bits per heavy atom. The summed E-state index contributed by atoms with van der Waals surface area (Å²) in [5.41, 5.74) is 0. The number of carbonyl (C=O) groups is 3. The Kier molecular flexibility index (Phi) is 49.1. The number of hydrogen-bond acceptors (Lipinski definition) is 6. The zero-order chi connectivity index (χ0) is 45.2. The summed E-state index contributed by atoms with van der Waals surface area (Å²) >= 11 is 0. The van der Waals surface area contributed by atoms with Crippen LogP contribution < -0.4 is 0 Å². The van der Waals surface area contributed by atoms with Crippen molar-refractivity contribution >= 4 is 17.9 Å². The van der Waals surface area contributed by atoms with Crippen molar-refractivity contribution in [3.05, 3.63) is 0 Å². The van der Waals surface area contributed by atoms with E-state index in [1.165, 1.54) is 212 Å². The van der Waals surface area contributed by atoms with Crippen LogP contribution in [0.3, 0.4) is 0 Å². The second kappa shape index (κ2) is 50.4. The van der Waals surface area contributed by atoms with Gasteiger partial charge in [-0.2, -0.15) is 0 Å². The lowest BCUT2D eigenvalue weighted by molar-refractivity contribution is -0.167. The van der Waals surface area contributed by atoms with Crippen molar-refractivity contribution in [2.45, 2.75) is 323 Å². The first-order chi connectivity index (χ1) is 30.4. The summed E-state index contributed by atoms with van der Waals surface area (Å²) in [4.78, 5) is 38.0. The molecular formula is C56H108O6. The van der Waals surface area contributed by atoms with Crippen LogP contribution in [-0.2, 0) is 28.6 Å².